The van der Waals surface area contributed by atoms with E-state index in [1.807, 2.05) is 0 Å². The topological polar surface area (TPSA) is 0 Å². The minimum Gasteiger partial charge on any atom is -0.0914 e. The molecule has 0 spiro atoms. The molecular weight excluding hydrogens is 120 g/mol. The van der Waals surface area contributed by atoms with E-state index in [9.17, 15) is 0 Å². The van der Waals surface area contributed by atoms with E-state index in [1.54, 1.807) is 0 Å². The first kappa shape index (κ1) is 9.48. The third-order valence-corrected chi connectivity index (χ3v) is 1.40. The normalized spacial score (nSPS) is 11.8. The molecule has 0 aliphatic carbocycles. The minimum atomic E-state index is 1.10. The summed E-state index contributed by atoms with van der Waals surface area (Å²) in [6.07, 6.45) is 13.7. The van der Waals surface area contributed by atoms with Crippen LogP contribution in [0.15, 0.2) is 24.3 Å². The Labute approximate surface area is 64.6 Å². The van der Waals surface area contributed by atoms with Gasteiger partial charge < -0.3 is 0 Å². The van der Waals surface area contributed by atoms with Crippen molar-refractivity contribution in [3.05, 3.63) is 24.3 Å². The second-order valence-electron chi connectivity index (χ2n) is 2.42. The maximum Gasteiger partial charge on any atom is -0.0169 e. The largest absolute Gasteiger partial charge is 0.0914 e. The van der Waals surface area contributed by atoms with E-state index in [0.717, 1.165) is 6.42 Å². The quantitative estimate of drug-likeness (QED) is 0.401. The van der Waals surface area contributed by atoms with Crippen molar-refractivity contribution in [1.29, 1.82) is 0 Å². The van der Waals surface area contributed by atoms with Crippen LogP contribution in [-0.4, -0.2) is 0 Å². The van der Waals surface area contributed by atoms with Gasteiger partial charge in [-0.05, 0) is 19.8 Å². The van der Waals surface area contributed by atoms with E-state index in [-0.39, 0.29) is 0 Å². The first-order valence-electron chi connectivity index (χ1n) is 4.18. The smallest absolute Gasteiger partial charge is 0.0169 e. The van der Waals surface area contributed by atoms with Gasteiger partial charge >= 0.3 is 0 Å². The molecule has 0 bridgehead atoms. The molecular formula is C10H18. The number of hydrogen-bond acceptors (Lipinski definition) is 0. The van der Waals surface area contributed by atoms with E-state index >= 15 is 0 Å². The molecule has 0 atom stereocenters. The average molecular weight is 138 g/mol. The highest BCUT2D eigenvalue weighted by Crippen LogP contribution is 1.96. The molecule has 0 aliphatic heterocycles. The van der Waals surface area contributed by atoms with Crippen LogP contribution in [0.4, 0.5) is 0 Å². The summed E-state index contributed by atoms with van der Waals surface area (Å²) < 4.78 is 0. The summed E-state index contributed by atoms with van der Waals surface area (Å²) >= 11 is 0. The third-order valence-electron chi connectivity index (χ3n) is 1.40. The predicted octanol–water partition coefficient (Wildman–Crippen LogP) is 3.70. The maximum absolute atomic E-state index is 2.27. The Kier molecular flexibility index (Phi) is 8.04. The van der Waals surface area contributed by atoms with E-state index < -0.39 is 0 Å². The van der Waals surface area contributed by atoms with Gasteiger partial charge in [0.2, 0.25) is 0 Å². The van der Waals surface area contributed by atoms with E-state index in [2.05, 4.69) is 38.2 Å². The van der Waals surface area contributed by atoms with Gasteiger partial charge in [-0.15, -0.1) is 0 Å². The zero-order chi connectivity index (χ0) is 7.66. The molecule has 0 saturated heterocycles. The van der Waals surface area contributed by atoms with Gasteiger partial charge in [-0.2, -0.15) is 0 Å². The number of allylic oxidation sites excluding steroid dienone is 4. The maximum atomic E-state index is 2.27. The molecule has 0 nitrogen and oxygen atoms in total. The molecule has 0 unspecified atom stereocenters. The summed E-state index contributed by atoms with van der Waals surface area (Å²) in [5.74, 6) is 0. The van der Waals surface area contributed by atoms with Crippen molar-refractivity contribution in [1.82, 2.24) is 0 Å². The highest BCUT2D eigenvalue weighted by Gasteiger charge is 1.75. The molecule has 0 aromatic heterocycles. The zero-order valence-corrected chi connectivity index (χ0v) is 7.14. The van der Waals surface area contributed by atoms with Crippen molar-refractivity contribution in [2.24, 2.45) is 0 Å². The molecule has 0 heterocycles. The number of hydrogen-bond donors (Lipinski definition) is 0. The van der Waals surface area contributed by atoms with Crippen molar-refractivity contribution in [3.8, 4) is 0 Å². The van der Waals surface area contributed by atoms with Crippen molar-refractivity contribution >= 4 is 0 Å². The van der Waals surface area contributed by atoms with Crippen LogP contribution in [-0.2, 0) is 0 Å². The Hall–Kier alpha value is -0.520. The SMILES string of the molecule is CC=CCC=CCCCC. The van der Waals surface area contributed by atoms with Crippen LogP contribution in [0.1, 0.15) is 39.5 Å². The fourth-order valence-corrected chi connectivity index (χ4v) is 0.751. The molecule has 10 heavy (non-hydrogen) atoms. The average Bonchev–Trinajstić information content (AvgIpc) is 1.97. The lowest BCUT2D eigenvalue weighted by Gasteiger charge is -1.86. The van der Waals surface area contributed by atoms with E-state index in [4.69, 9.17) is 0 Å². The molecule has 0 N–H and O–H groups in total. The molecule has 0 aliphatic rings. The number of unbranched alkanes of at least 4 members (excludes halogenated alkanes) is 2. The number of rotatable bonds is 5. The van der Waals surface area contributed by atoms with Gasteiger partial charge in [-0.3, -0.25) is 0 Å². The third kappa shape index (κ3) is 7.48. The lowest BCUT2D eigenvalue weighted by atomic mass is 10.2. The Balaban J connectivity index is 3.04. The van der Waals surface area contributed by atoms with Gasteiger partial charge in [0.1, 0.15) is 0 Å². The van der Waals surface area contributed by atoms with Gasteiger partial charge in [0, 0.05) is 0 Å². The summed E-state index contributed by atoms with van der Waals surface area (Å²) in [6, 6.07) is 0. The van der Waals surface area contributed by atoms with Crippen LogP contribution in [0.3, 0.4) is 0 Å². The van der Waals surface area contributed by atoms with E-state index in [1.165, 1.54) is 19.3 Å². The predicted molar refractivity (Wildman–Crippen MR) is 48.1 cm³/mol. The van der Waals surface area contributed by atoms with Crippen LogP contribution in [0.25, 0.3) is 0 Å². The van der Waals surface area contributed by atoms with Crippen molar-refractivity contribution < 1.29 is 0 Å². The van der Waals surface area contributed by atoms with E-state index in [0.29, 0.717) is 0 Å². The first-order valence-corrected chi connectivity index (χ1v) is 4.18. The summed E-state index contributed by atoms with van der Waals surface area (Å²) in [6.45, 7) is 4.28. The highest BCUT2D eigenvalue weighted by atomic mass is 13.8. The zero-order valence-electron chi connectivity index (χ0n) is 7.14. The second kappa shape index (κ2) is 8.48. The van der Waals surface area contributed by atoms with Crippen LogP contribution in [0, 0.1) is 0 Å². The van der Waals surface area contributed by atoms with Crippen LogP contribution >= 0.6 is 0 Å². The van der Waals surface area contributed by atoms with Crippen LogP contribution in [0.2, 0.25) is 0 Å². The lowest BCUT2D eigenvalue weighted by molar-refractivity contribution is 0.813. The molecule has 0 heteroatoms. The molecule has 0 rings (SSSR count). The summed E-state index contributed by atoms with van der Waals surface area (Å²) in [7, 11) is 0. The Bertz CT molecular complexity index is 98.6. The Morgan fingerprint density at radius 3 is 2.50 bits per heavy atom. The van der Waals surface area contributed by atoms with Crippen LogP contribution in [0.5, 0.6) is 0 Å². The van der Waals surface area contributed by atoms with Gasteiger partial charge in [0.05, 0.1) is 0 Å². The molecule has 0 amide bonds. The summed E-state index contributed by atoms with van der Waals surface area (Å²) in [5.41, 5.74) is 0. The lowest BCUT2D eigenvalue weighted by Crippen LogP contribution is -1.66. The van der Waals surface area contributed by atoms with Crippen molar-refractivity contribution in [3.63, 3.8) is 0 Å². The van der Waals surface area contributed by atoms with Gasteiger partial charge in [-0.1, -0.05) is 44.1 Å². The molecule has 0 saturated carbocycles. The molecule has 0 fully saturated rings. The fraction of sp³-hybridized carbons (Fsp3) is 0.600. The first-order chi connectivity index (χ1) is 4.91. The Morgan fingerprint density at radius 1 is 1.10 bits per heavy atom. The second-order valence-corrected chi connectivity index (χ2v) is 2.42. The van der Waals surface area contributed by atoms with Crippen molar-refractivity contribution in [2.75, 3.05) is 0 Å². The summed E-state index contributed by atoms with van der Waals surface area (Å²) in [4.78, 5) is 0. The van der Waals surface area contributed by atoms with Gasteiger partial charge in [-0.25, -0.2) is 0 Å². The Morgan fingerprint density at radius 2 is 1.90 bits per heavy atom. The van der Waals surface area contributed by atoms with Crippen LogP contribution < -0.4 is 0 Å². The highest BCUT2D eigenvalue weighted by molar-refractivity contribution is 4.90. The molecule has 0 aromatic carbocycles. The van der Waals surface area contributed by atoms with Gasteiger partial charge in [0.15, 0.2) is 0 Å². The van der Waals surface area contributed by atoms with Gasteiger partial charge in [0.25, 0.3) is 0 Å². The molecule has 58 valence electrons. The monoisotopic (exact) mass is 138 g/mol. The van der Waals surface area contributed by atoms with Crippen molar-refractivity contribution in [2.45, 2.75) is 39.5 Å². The molecule has 0 aromatic rings. The minimum absolute atomic E-state index is 1.10. The molecule has 0 radical (unpaired) electrons. The fourth-order valence-electron chi connectivity index (χ4n) is 0.751. The standard InChI is InChI=1S/C10H18/c1-3-5-7-9-10-8-6-4-2/h3,5,9-10H,4,6-8H2,1-2H3. The summed E-state index contributed by atoms with van der Waals surface area (Å²) in [5, 5.41) is 0.